The summed E-state index contributed by atoms with van der Waals surface area (Å²) >= 11 is 0. The van der Waals surface area contributed by atoms with Crippen molar-refractivity contribution in [1.29, 1.82) is 0 Å². The number of aromatic hydroxyl groups is 1. The lowest BCUT2D eigenvalue weighted by atomic mass is 10.1. The van der Waals surface area contributed by atoms with Crippen LogP contribution in [0.25, 0.3) is 0 Å². The highest BCUT2D eigenvalue weighted by molar-refractivity contribution is 6.04. The largest absolute Gasteiger partial charge is 0.505 e. The number of rotatable bonds is 3. The molecule has 2 saturated heterocycles. The summed E-state index contributed by atoms with van der Waals surface area (Å²) in [6.45, 7) is 2.92. The number of phenols is 1. The molecule has 4 rings (SSSR count). The molecule has 0 spiro atoms. The van der Waals surface area contributed by atoms with Crippen molar-refractivity contribution >= 4 is 23.3 Å². The summed E-state index contributed by atoms with van der Waals surface area (Å²) < 4.78 is 39.4. The molecule has 2 aromatic rings. The van der Waals surface area contributed by atoms with E-state index < -0.39 is 29.2 Å². The van der Waals surface area contributed by atoms with E-state index in [1.165, 1.54) is 30.3 Å². The zero-order valence-corrected chi connectivity index (χ0v) is 17.2. The third-order valence-corrected chi connectivity index (χ3v) is 5.87. The molecule has 32 heavy (non-hydrogen) atoms. The van der Waals surface area contributed by atoms with Crippen LogP contribution >= 0.6 is 0 Å². The lowest BCUT2D eigenvalue weighted by Gasteiger charge is -2.37. The average molecular weight is 448 g/mol. The number of amides is 3. The number of hydrogen-bond acceptors (Lipinski definition) is 4. The molecule has 7 nitrogen and oxygen atoms in total. The number of anilines is 2. The highest BCUT2D eigenvalue weighted by Gasteiger charge is 2.35. The maximum atomic E-state index is 13.1. The minimum Gasteiger partial charge on any atom is -0.505 e. The first-order chi connectivity index (χ1) is 15.2. The van der Waals surface area contributed by atoms with E-state index in [0.717, 1.165) is 38.1 Å². The molecule has 0 saturated carbocycles. The maximum Gasteiger partial charge on any atom is 0.418 e. The van der Waals surface area contributed by atoms with E-state index >= 15 is 0 Å². The predicted molar refractivity (Wildman–Crippen MR) is 113 cm³/mol. The summed E-state index contributed by atoms with van der Waals surface area (Å²) in [4.78, 5) is 29.3. The summed E-state index contributed by atoms with van der Waals surface area (Å²) in [5, 5.41) is 15.1. The molecule has 3 amide bonds. The first-order valence-corrected chi connectivity index (χ1v) is 10.3. The van der Waals surface area contributed by atoms with Crippen LogP contribution in [0.5, 0.6) is 5.75 Å². The van der Waals surface area contributed by atoms with Gasteiger partial charge in [-0.1, -0.05) is 18.2 Å². The van der Waals surface area contributed by atoms with Crippen molar-refractivity contribution in [2.45, 2.75) is 25.1 Å². The second-order valence-electron chi connectivity index (χ2n) is 7.91. The summed E-state index contributed by atoms with van der Waals surface area (Å²) in [6.07, 6.45) is -2.51. The number of halogens is 3. The number of benzene rings is 2. The molecule has 2 heterocycles. The lowest BCUT2D eigenvalue weighted by molar-refractivity contribution is -0.136. The van der Waals surface area contributed by atoms with Gasteiger partial charge in [0, 0.05) is 25.7 Å². The molecule has 2 aromatic carbocycles. The fraction of sp³-hybridized carbons (Fsp3) is 0.364. The number of phenolic OH excluding ortho intramolecular Hbond substituents is 1. The molecule has 170 valence electrons. The Kier molecular flexibility index (Phi) is 5.96. The van der Waals surface area contributed by atoms with E-state index in [4.69, 9.17) is 0 Å². The van der Waals surface area contributed by atoms with Crippen molar-refractivity contribution in [3.05, 3.63) is 53.6 Å². The molecule has 1 unspecified atom stereocenters. The van der Waals surface area contributed by atoms with E-state index in [9.17, 15) is 27.9 Å². The second-order valence-corrected chi connectivity index (χ2v) is 7.91. The van der Waals surface area contributed by atoms with Crippen LogP contribution in [0.4, 0.5) is 29.3 Å². The number of nitrogens with one attached hydrogen (secondary N) is 2. The summed E-state index contributed by atoms with van der Waals surface area (Å²) in [7, 11) is 0. The van der Waals surface area contributed by atoms with Gasteiger partial charge < -0.3 is 20.6 Å². The smallest absolute Gasteiger partial charge is 0.418 e. The lowest BCUT2D eigenvalue weighted by Crippen LogP contribution is -2.52. The van der Waals surface area contributed by atoms with Gasteiger partial charge in [-0.2, -0.15) is 13.2 Å². The molecule has 0 aliphatic carbocycles. The molecule has 0 aromatic heterocycles. The third-order valence-electron chi connectivity index (χ3n) is 5.87. The first kappa shape index (κ1) is 21.9. The summed E-state index contributed by atoms with van der Waals surface area (Å²) in [5.74, 6) is -0.772. The number of alkyl halides is 3. The maximum absolute atomic E-state index is 13.1. The highest BCUT2D eigenvalue weighted by Crippen LogP contribution is 2.35. The third kappa shape index (κ3) is 4.50. The summed E-state index contributed by atoms with van der Waals surface area (Å²) in [6, 6.07) is 8.25. The van der Waals surface area contributed by atoms with Gasteiger partial charge in [0.05, 0.1) is 22.5 Å². The van der Waals surface area contributed by atoms with Gasteiger partial charge in [0.2, 0.25) is 0 Å². The second kappa shape index (κ2) is 8.70. The van der Waals surface area contributed by atoms with Gasteiger partial charge in [0.1, 0.15) is 0 Å². The van der Waals surface area contributed by atoms with Crippen molar-refractivity contribution in [3.8, 4) is 5.75 Å². The number of carbonyl (C=O) groups is 2. The molecule has 1 atom stereocenters. The Bertz CT molecular complexity index is 1030. The summed E-state index contributed by atoms with van der Waals surface area (Å²) in [5.41, 5.74) is -1.45. The van der Waals surface area contributed by atoms with Crippen molar-refractivity contribution in [2.75, 3.05) is 36.8 Å². The van der Waals surface area contributed by atoms with Crippen molar-refractivity contribution < 1.29 is 27.9 Å². The predicted octanol–water partition coefficient (Wildman–Crippen LogP) is 3.98. The Morgan fingerprint density at radius 3 is 2.47 bits per heavy atom. The SMILES string of the molecule is O=C(Nc1ccccc1C(F)(F)F)Nc1cccc(C(=O)N2CCN3CCCC3C2)c1O. The Labute approximate surface area is 182 Å². The molecular weight excluding hydrogens is 425 g/mol. The Morgan fingerprint density at radius 2 is 1.69 bits per heavy atom. The standard InChI is InChI=1S/C22H23F3N4O3/c23-22(24,25)16-7-1-2-8-17(16)26-21(32)27-18-9-3-6-15(19(18)30)20(31)29-12-11-28-10-4-5-14(28)13-29/h1-3,6-9,14,30H,4-5,10-13H2,(H2,26,27,32). The first-order valence-electron chi connectivity index (χ1n) is 10.3. The van der Waals surface area contributed by atoms with Gasteiger partial charge in [0.15, 0.2) is 5.75 Å². The number of nitrogens with zero attached hydrogens (tertiary/aromatic N) is 2. The molecule has 2 aliphatic rings. The normalized spacial score (nSPS) is 18.8. The molecular formula is C22H23F3N4O3. The Hall–Kier alpha value is -3.27. The van der Waals surface area contributed by atoms with Crippen LogP contribution in [0.1, 0.15) is 28.8 Å². The van der Waals surface area contributed by atoms with E-state index in [-0.39, 0.29) is 17.2 Å². The number of fused-ring (bicyclic) bond motifs is 1. The van der Waals surface area contributed by atoms with Crippen LogP contribution in [-0.4, -0.2) is 59.1 Å². The highest BCUT2D eigenvalue weighted by atomic mass is 19.4. The molecule has 10 heteroatoms. The Morgan fingerprint density at radius 1 is 0.969 bits per heavy atom. The molecule has 3 N–H and O–H groups in total. The minimum atomic E-state index is -4.64. The van der Waals surface area contributed by atoms with Crippen molar-refractivity contribution in [1.82, 2.24) is 9.80 Å². The van der Waals surface area contributed by atoms with E-state index in [0.29, 0.717) is 19.1 Å². The fourth-order valence-corrected chi connectivity index (χ4v) is 4.28. The van der Waals surface area contributed by atoms with Crippen molar-refractivity contribution in [3.63, 3.8) is 0 Å². The Balaban J connectivity index is 1.47. The van der Waals surface area contributed by atoms with Crippen LogP contribution in [0.15, 0.2) is 42.5 Å². The fourth-order valence-electron chi connectivity index (χ4n) is 4.28. The van der Waals surface area contributed by atoms with Crippen LogP contribution in [-0.2, 0) is 6.18 Å². The molecule has 0 bridgehead atoms. The van der Waals surface area contributed by atoms with Crippen LogP contribution < -0.4 is 10.6 Å². The van der Waals surface area contributed by atoms with Gasteiger partial charge in [-0.25, -0.2) is 4.79 Å². The van der Waals surface area contributed by atoms with Gasteiger partial charge in [-0.15, -0.1) is 0 Å². The number of urea groups is 1. The quantitative estimate of drug-likeness (QED) is 0.621. The van der Waals surface area contributed by atoms with Gasteiger partial charge in [-0.3, -0.25) is 9.69 Å². The van der Waals surface area contributed by atoms with Gasteiger partial charge in [-0.05, 0) is 43.7 Å². The molecule has 2 fully saturated rings. The zero-order chi connectivity index (χ0) is 22.9. The van der Waals surface area contributed by atoms with Crippen LogP contribution in [0.3, 0.4) is 0 Å². The van der Waals surface area contributed by atoms with E-state index in [1.807, 2.05) is 0 Å². The van der Waals surface area contributed by atoms with E-state index in [1.54, 1.807) is 4.90 Å². The van der Waals surface area contributed by atoms with Crippen LogP contribution in [0, 0.1) is 0 Å². The van der Waals surface area contributed by atoms with Gasteiger partial charge >= 0.3 is 12.2 Å². The molecule has 0 radical (unpaired) electrons. The monoisotopic (exact) mass is 448 g/mol. The van der Waals surface area contributed by atoms with Crippen LogP contribution in [0.2, 0.25) is 0 Å². The minimum absolute atomic E-state index is 0.0324. The topological polar surface area (TPSA) is 84.9 Å². The number of para-hydroxylation sites is 2. The van der Waals surface area contributed by atoms with E-state index in [2.05, 4.69) is 15.5 Å². The molecule has 2 aliphatic heterocycles. The van der Waals surface area contributed by atoms with Gasteiger partial charge in [0.25, 0.3) is 5.91 Å². The zero-order valence-electron chi connectivity index (χ0n) is 17.2. The number of carbonyl (C=O) groups excluding carboxylic acids is 2. The average Bonchev–Trinajstić information content (AvgIpc) is 3.22. The van der Waals surface area contributed by atoms with Crippen molar-refractivity contribution in [2.24, 2.45) is 0 Å². The number of piperazine rings is 1. The number of hydrogen-bond donors (Lipinski definition) is 3.